The third kappa shape index (κ3) is 3.38. The molecule has 0 aromatic heterocycles. The van der Waals surface area contributed by atoms with Crippen molar-refractivity contribution in [1.82, 2.24) is 0 Å². The minimum absolute atomic E-state index is 0.263. The minimum atomic E-state index is 0.263. The molecule has 116 valence electrons. The molecular formula is C20H26NO+. The van der Waals surface area contributed by atoms with Crippen LogP contribution in [0.2, 0.25) is 0 Å². The Bertz CT molecular complexity index is 669. The van der Waals surface area contributed by atoms with Gasteiger partial charge in [0.1, 0.15) is 12.3 Å². The van der Waals surface area contributed by atoms with Gasteiger partial charge in [-0.25, -0.2) is 0 Å². The molecule has 2 heteroatoms. The van der Waals surface area contributed by atoms with Crippen LogP contribution < -0.4 is 0 Å². The van der Waals surface area contributed by atoms with Crippen LogP contribution in [0.3, 0.4) is 0 Å². The van der Waals surface area contributed by atoms with E-state index in [1.807, 2.05) is 0 Å². The molecule has 0 N–H and O–H groups in total. The molecule has 1 aliphatic rings. The van der Waals surface area contributed by atoms with Gasteiger partial charge < -0.3 is 4.48 Å². The third-order valence-corrected chi connectivity index (χ3v) is 4.87. The van der Waals surface area contributed by atoms with Crippen LogP contribution in [0.15, 0.2) is 42.5 Å². The van der Waals surface area contributed by atoms with Gasteiger partial charge in [-0.1, -0.05) is 48.9 Å². The molecule has 1 aliphatic carbocycles. The Balaban J connectivity index is 1.79. The van der Waals surface area contributed by atoms with Gasteiger partial charge in [-0.3, -0.25) is 4.79 Å². The highest BCUT2D eigenvalue weighted by molar-refractivity contribution is 5.85. The summed E-state index contributed by atoms with van der Waals surface area (Å²) in [4.78, 5) is 12.1. The van der Waals surface area contributed by atoms with Crippen LogP contribution in [-0.4, -0.2) is 30.9 Å². The molecule has 3 rings (SSSR count). The van der Waals surface area contributed by atoms with E-state index in [0.717, 1.165) is 36.8 Å². The van der Waals surface area contributed by atoms with Crippen LogP contribution in [0.1, 0.15) is 31.2 Å². The molecule has 2 nitrogen and oxygen atoms in total. The van der Waals surface area contributed by atoms with Crippen molar-refractivity contribution >= 4 is 16.6 Å². The highest BCUT2D eigenvalue weighted by Gasteiger charge is 2.29. The predicted molar refractivity (Wildman–Crippen MR) is 91.6 cm³/mol. The summed E-state index contributed by atoms with van der Waals surface area (Å²) in [6, 6.07) is 15.1. The molecule has 0 bridgehead atoms. The van der Waals surface area contributed by atoms with Crippen LogP contribution in [0, 0.1) is 5.92 Å². The van der Waals surface area contributed by atoms with E-state index in [9.17, 15) is 4.79 Å². The Labute approximate surface area is 133 Å². The smallest absolute Gasteiger partial charge is 0.141 e. The fraction of sp³-hybridized carbons (Fsp3) is 0.450. The maximum Gasteiger partial charge on any atom is 0.141 e. The van der Waals surface area contributed by atoms with Crippen molar-refractivity contribution in [3.05, 3.63) is 48.0 Å². The van der Waals surface area contributed by atoms with Crippen LogP contribution in [-0.2, 0) is 11.3 Å². The SMILES string of the molecule is C[N+](C)(Cc1cccc2ccccc12)CC1CCCCC1=O. The quantitative estimate of drug-likeness (QED) is 0.774. The summed E-state index contributed by atoms with van der Waals surface area (Å²) in [5.41, 5.74) is 1.38. The van der Waals surface area contributed by atoms with Crippen molar-refractivity contribution in [1.29, 1.82) is 0 Å². The summed E-state index contributed by atoms with van der Waals surface area (Å²) in [6.45, 7) is 1.94. The number of hydrogen-bond acceptors (Lipinski definition) is 1. The molecule has 1 fully saturated rings. The van der Waals surface area contributed by atoms with Gasteiger partial charge in [-0.2, -0.15) is 0 Å². The maximum absolute atomic E-state index is 12.1. The van der Waals surface area contributed by atoms with E-state index < -0.39 is 0 Å². The summed E-state index contributed by atoms with van der Waals surface area (Å²) >= 11 is 0. The molecule has 1 atom stereocenters. The molecule has 0 heterocycles. The summed E-state index contributed by atoms with van der Waals surface area (Å²) < 4.78 is 0.879. The van der Waals surface area contributed by atoms with Crippen molar-refractivity contribution in [3.63, 3.8) is 0 Å². The van der Waals surface area contributed by atoms with Gasteiger partial charge in [0.2, 0.25) is 0 Å². The topological polar surface area (TPSA) is 17.1 Å². The van der Waals surface area contributed by atoms with Gasteiger partial charge in [0.05, 0.1) is 26.6 Å². The Morgan fingerprint density at radius 1 is 1.05 bits per heavy atom. The van der Waals surface area contributed by atoms with Gasteiger partial charge in [0.25, 0.3) is 0 Å². The number of ketones is 1. The predicted octanol–water partition coefficient (Wildman–Crippen LogP) is 4.18. The monoisotopic (exact) mass is 296 g/mol. The molecule has 0 saturated heterocycles. The minimum Gasteiger partial charge on any atom is -0.324 e. The molecule has 0 spiro atoms. The van der Waals surface area contributed by atoms with Gasteiger partial charge in [-0.15, -0.1) is 0 Å². The second-order valence-corrected chi connectivity index (χ2v) is 7.32. The van der Waals surface area contributed by atoms with E-state index in [1.165, 1.54) is 22.8 Å². The fourth-order valence-electron chi connectivity index (χ4n) is 3.80. The zero-order chi connectivity index (χ0) is 15.6. The lowest BCUT2D eigenvalue weighted by Gasteiger charge is -2.34. The highest BCUT2D eigenvalue weighted by Crippen LogP contribution is 2.26. The van der Waals surface area contributed by atoms with Crippen molar-refractivity contribution in [2.24, 2.45) is 5.92 Å². The second kappa shape index (κ2) is 6.21. The Morgan fingerprint density at radius 2 is 1.82 bits per heavy atom. The normalized spacial score (nSPS) is 19.5. The lowest BCUT2D eigenvalue weighted by molar-refractivity contribution is -0.905. The van der Waals surface area contributed by atoms with Gasteiger partial charge in [-0.05, 0) is 23.6 Å². The van der Waals surface area contributed by atoms with Gasteiger partial charge >= 0.3 is 0 Å². The second-order valence-electron chi connectivity index (χ2n) is 7.32. The number of quaternary nitrogens is 1. The van der Waals surface area contributed by atoms with Gasteiger partial charge in [0, 0.05) is 12.0 Å². The first-order valence-corrected chi connectivity index (χ1v) is 8.36. The first-order valence-electron chi connectivity index (χ1n) is 8.36. The van der Waals surface area contributed by atoms with E-state index in [1.54, 1.807) is 0 Å². The lowest BCUT2D eigenvalue weighted by atomic mass is 9.87. The van der Waals surface area contributed by atoms with E-state index in [2.05, 4.69) is 56.6 Å². The fourth-order valence-corrected chi connectivity index (χ4v) is 3.80. The van der Waals surface area contributed by atoms with E-state index in [4.69, 9.17) is 0 Å². The van der Waals surface area contributed by atoms with Crippen molar-refractivity contribution in [2.45, 2.75) is 32.2 Å². The van der Waals surface area contributed by atoms with Crippen LogP contribution in [0.25, 0.3) is 10.8 Å². The summed E-state index contributed by atoms with van der Waals surface area (Å²) in [5.74, 6) is 0.745. The molecule has 0 aliphatic heterocycles. The first kappa shape index (κ1) is 15.2. The summed E-state index contributed by atoms with van der Waals surface area (Å²) in [5, 5.41) is 2.64. The number of rotatable bonds is 4. The molecule has 0 amide bonds. The third-order valence-electron chi connectivity index (χ3n) is 4.87. The molecule has 1 unspecified atom stereocenters. The Hall–Kier alpha value is -1.67. The zero-order valence-electron chi connectivity index (χ0n) is 13.7. The van der Waals surface area contributed by atoms with Crippen LogP contribution in [0.5, 0.6) is 0 Å². The zero-order valence-corrected chi connectivity index (χ0v) is 13.7. The molecular weight excluding hydrogens is 270 g/mol. The lowest BCUT2D eigenvalue weighted by Crippen LogP contribution is -2.45. The number of benzene rings is 2. The van der Waals surface area contributed by atoms with Crippen molar-refractivity contribution < 1.29 is 9.28 Å². The Morgan fingerprint density at radius 3 is 2.64 bits per heavy atom. The molecule has 2 aromatic carbocycles. The van der Waals surface area contributed by atoms with Crippen molar-refractivity contribution in [3.8, 4) is 0 Å². The maximum atomic E-state index is 12.1. The first-order chi connectivity index (χ1) is 10.6. The number of hydrogen-bond donors (Lipinski definition) is 0. The Kier molecular flexibility index (Phi) is 4.30. The van der Waals surface area contributed by atoms with E-state index in [-0.39, 0.29) is 5.92 Å². The van der Waals surface area contributed by atoms with E-state index in [0.29, 0.717) is 5.78 Å². The molecule has 2 aromatic rings. The van der Waals surface area contributed by atoms with Crippen LogP contribution in [0.4, 0.5) is 0 Å². The highest BCUT2D eigenvalue weighted by atomic mass is 16.1. The number of Topliss-reactive ketones (excluding diaryl/α,β-unsaturated/α-hetero) is 1. The average molecular weight is 296 g/mol. The number of nitrogens with zero attached hydrogens (tertiary/aromatic N) is 1. The number of carbonyl (C=O) groups excluding carboxylic acids is 1. The summed E-state index contributed by atoms with van der Waals surface area (Å²) in [7, 11) is 4.51. The van der Waals surface area contributed by atoms with Crippen molar-refractivity contribution in [2.75, 3.05) is 20.6 Å². The van der Waals surface area contributed by atoms with E-state index >= 15 is 0 Å². The van der Waals surface area contributed by atoms with Gasteiger partial charge in [0.15, 0.2) is 0 Å². The standard InChI is InChI=1S/C20H26NO/c1-21(2,15-18-9-4-6-13-20(18)22)14-17-11-7-10-16-8-3-5-12-19(16)17/h3,5,7-8,10-12,18H,4,6,9,13-15H2,1-2H3/q+1. The molecule has 1 saturated carbocycles. The molecule has 0 radical (unpaired) electrons. The molecule has 22 heavy (non-hydrogen) atoms. The van der Waals surface area contributed by atoms with Crippen LogP contribution >= 0.6 is 0 Å². The number of carbonyl (C=O) groups is 1. The largest absolute Gasteiger partial charge is 0.324 e. The average Bonchev–Trinajstić information content (AvgIpc) is 2.49. The summed E-state index contributed by atoms with van der Waals surface area (Å²) in [6.07, 6.45) is 4.17. The number of fused-ring (bicyclic) bond motifs is 1.